The molecule has 3 heteroatoms. The average Bonchev–Trinajstić information content (AvgIpc) is 2.45. The van der Waals surface area contributed by atoms with E-state index in [0.29, 0.717) is 0 Å². The van der Waals surface area contributed by atoms with E-state index in [0.717, 1.165) is 0 Å². The summed E-state index contributed by atoms with van der Waals surface area (Å²) < 4.78 is 0. The van der Waals surface area contributed by atoms with Gasteiger partial charge >= 0.3 is 0 Å². The molecule has 0 saturated heterocycles. The first kappa shape index (κ1) is 14.1. The summed E-state index contributed by atoms with van der Waals surface area (Å²) in [6.45, 7) is 4.27. The first-order valence-electron chi connectivity index (χ1n) is 6.33. The molecule has 0 aliphatic heterocycles. The van der Waals surface area contributed by atoms with E-state index in [9.17, 15) is 0 Å². The maximum atomic E-state index is 5.77. The largest absolute Gasteiger partial charge is 0.271 e. The minimum atomic E-state index is 0.0378. The van der Waals surface area contributed by atoms with Gasteiger partial charge in [0.2, 0.25) is 0 Å². The van der Waals surface area contributed by atoms with E-state index in [1.807, 2.05) is 0 Å². The van der Waals surface area contributed by atoms with E-state index < -0.39 is 0 Å². The van der Waals surface area contributed by atoms with Gasteiger partial charge in [-0.05, 0) is 54.5 Å². The third-order valence-electron chi connectivity index (χ3n) is 3.57. The fourth-order valence-corrected chi connectivity index (χ4v) is 2.66. The molecule has 2 aromatic rings. The van der Waals surface area contributed by atoms with Crippen LogP contribution in [0.2, 0.25) is 0 Å². The van der Waals surface area contributed by atoms with Crippen molar-refractivity contribution in [2.24, 2.45) is 5.84 Å². The molecule has 2 rings (SSSR count). The van der Waals surface area contributed by atoms with Crippen LogP contribution in [0.4, 0.5) is 0 Å². The summed E-state index contributed by atoms with van der Waals surface area (Å²) in [4.78, 5) is 1.26. The summed E-state index contributed by atoms with van der Waals surface area (Å²) in [5.41, 5.74) is 7.94. The van der Waals surface area contributed by atoms with Crippen molar-refractivity contribution in [3.63, 3.8) is 0 Å². The average molecular weight is 272 g/mol. The molecule has 3 N–H and O–H groups in total. The predicted molar refractivity (Wildman–Crippen MR) is 83.3 cm³/mol. The summed E-state index contributed by atoms with van der Waals surface area (Å²) in [7, 11) is 0. The highest BCUT2D eigenvalue weighted by molar-refractivity contribution is 7.98. The normalized spacial score (nSPS) is 12.4. The summed E-state index contributed by atoms with van der Waals surface area (Å²) in [6, 6.07) is 14.9. The second-order valence-corrected chi connectivity index (χ2v) is 5.54. The maximum absolute atomic E-state index is 5.77. The molecule has 0 saturated carbocycles. The van der Waals surface area contributed by atoms with E-state index >= 15 is 0 Å². The van der Waals surface area contributed by atoms with Crippen molar-refractivity contribution in [3.8, 4) is 0 Å². The van der Waals surface area contributed by atoms with Crippen molar-refractivity contribution in [2.45, 2.75) is 24.8 Å². The molecule has 0 bridgehead atoms. The van der Waals surface area contributed by atoms with Gasteiger partial charge in [0.05, 0.1) is 6.04 Å². The third-order valence-corrected chi connectivity index (χ3v) is 4.32. The van der Waals surface area contributed by atoms with Crippen molar-refractivity contribution in [1.29, 1.82) is 0 Å². The lowest BCUT2D eigenvalue weighted by atomic mass is 9.93. The molecule has 0 fully saturated rings. The zero-order chi connectivity index (χ0) is 13.8. The molecule has 2 nitrogen and oxygen atoms in total. The van der Waals surface area contributed by atoms with Crippen molar-refractivity contribution in [1.82, 2.24) is 5.43 Å². The van der Waals surface area contributed by atoms with Gasteiger partial charge < -0.3 is 0 Å². The van der Waals surface area contributed by atoms with Crippen LogP contribution in [-0.2, 0) is 0 Å². The van der Waals surface area contributed by atoms with E-state index in [2.05, 4.69) is 68.0 Å². The van der Waals surface area contributed by atoms with Crippen molar-refractivity contribution >= 4 is 11.8 Å². The molecule has 2 aromatic carbocycles. The van der Waals surface area contributed by atoms with Gasteiger partial charge in [0.1, 0.15) is 0 Å². The van der Waals surface area contributed by atoms with Gasteiger partial charge in [-0.25, -0.2) is 5.43 Å². The predicted octanol–water partition coefficient (Wildman–Crippen LogP) is 3.58. The van der Waals surface area contributed by atoms with E-state index in [1.165, 1.54) is 27.1 Å². The van der Waals surface area contributed by atoms with Crippen LogP contribution >= 0.6 is 11.8 Å². The second-order valence-electron chi connectivity index (χ2n) is 4.66. The summed E-state index contributed by atoms with van der Waals surface area (Å²) >= 11 is 1.75. The highest BCUT2D eigenvalue weighted by Crippen LogP contribution is 2.27. The molecule has 0 aliphatic carbocycles. The number of aryl methyl sites for hydroxylation is 1. The van der Waals surface area contributed by atoms with Crippen LogP contribution in [0.15, 0.2) is 47.4 Å². The van der Waals surface area contributed by atoms with Crippen LogP contribution in [0.1, 0.15) is 28.3 Å². The van der Waals surface area contributed by atoms with Gasteiger partial charge in [-0.2, -0.15) is 0 Å². The minimum absolute atomic E-state index is 0.0378. The molecular weight excluding hydrogens is 252 g/mol. The topological polar surface area (TPSA) is 38.0 Å². The maximum Gasteiger partial charge on any atom is 0.0712 e. The number of thioether (sulfide) groups is 1. The molecule has 0 aromatic heterocycles. The Morgan fingerprint density at radius 1 is 1.05 bits per heavy atom. The van der Waals surface area contributed by atoms with Crippen LogP contribution in [0.25, 0.3) is 0 Å². The molecule has 0 aliphatic rings. The quantitative estimate of drug-likeness (QED) is 0.507. The van der Waals surface area contributed by atoms with Crippen LogP contribution in [0.5, 0.6) is 0 Å². The van der Waals surface area contributed by atoms with E-state index in [1.54, 1.807) is 11.8 Å². The Bertz CT molecular complexity index is 549. The van der Waals surface area contributed by atoms with Crippen LogP contribution in [0.3, 0.4) is 0 Å². The smallest absolute Gasteiger partial charge is 0.0712 e. The van der Waals surface area contributed by atoms with E-state index in [4.69, 9.17) is 5.84 Å². The first-order chi connectivity index (χ1) is 9.17. The molecule has 0 radical (unpaired) electrons. The van der Waals surface area contributed by atoms with Crippen LogP contribution < -0.4 is 11.3 Å². The zero-order valence-electron chi connectivity index (χ0n) is 11.6. The Morgan fingerprint density at radius 2 is 1.74 bits per heavy atom. The summed E-state index contributed by atoms with van der Waals surface area (Å²) in [6.07, 6.45) is 2.08. The Hall–Kier alpha value is -1.29. The zero-order valence-corrected chi connectivity index (χ0v) is 12.4. The molecule has 1 unspecified atom stereocenters. The highest BCUT2D eigenvalue weighted by atomic mass is 32.2. The number of hydrogen-bond donors (Lipinski definition) is 2. The molecule has 100 valence electrons. The monoisotopic (exact) mass is 272 g/mol. The van der Waals surface area contributed by atoms with Gasteiger partial charge in [0.15, 0.2) is 0 Å². The highest BCUT2D eigenvalue weighted by Gasteiger charge is 2.15. The minimum Gasteiger partial charge on any atom is -0.271 e. The van der Waals surface area contributed by atoms with Gasteiger partial charge in [-0.15, -0.1) is 11.8 Å². The number of hydrogen-bond acceptors (Lipinski definition) is 3. The lowest BCUT2D eigenvalue weighted by molar-refractivity contribution is 0.633. The Morgan fingerprint density at radius 3 is 2.32 bits per heavy atom. The molecule has 0 amide bonds. The first-order valence-corrected chi connectivity index (χ1v) is 7.56. The Labute approximate surface area is 119 Å². The summed E-state index contributed by atoms with van der Waals surface area (Å²) in [5, 5.41) is 0. The fraction of sp³-hybridized carbons (Fsp3) is 0.250. The van der Waals surface area contributed by atoms with Crippen molar-refractivity contribution in [3.05, 3.63) is 64.7 Å². The number of benzene rings is 2. The summed E-state index contributed by atoms with van der Waals surface area (Å²) in [5.74, 6) is 5.77. The number of hydrazine groups is 1. The SMILES string of the molecule is CSc1ccc(C(NN)c2cccc(C)c2C)cc1. The van der Waals surface area contributed by atoms with Gasteiger partial charge in [0, 0.05) is 4.90 Å². The molecule has 0 heterocycles. The number of nitrogens with one attached hydrogen (secondary N) is 1. The lowest BCUT2D eigenvalue weighted by Gasteiger charge is -2.20. The van der Waals surface area contributed by atoms with Gasteiger partial charge in [-0.1, -0.05) is 30.3 Å². The molecule has 19 heavy (non-hydrogen) atoms. The van der Waals surface area contributed by atoms with Gasteiger partial charge in [0.25, 0.3) is 0 Å². The molecular formula is C16H20N2S. The van der Waals surface area contributed by atoms with E-state index in [-0.39, 0.29) is 6.04 Å². The van der Waals surface area contributed by atoms with Crippen LogP contribution in [0, 0.1) is 13.8 Å². The Kier molecular flexibility index (Phi) is 4.64. The molecule has 1 atom stereocenters. The standard InChI is InChI=1S/C16H20N2S/c1-11-5-4-6-15(12(11)2)16(18-17)13-7-9-14(19-3)10-8-13/h4-10,16,18H,17H2,1-3H3. The molecule has 0 spiro atoms. The van der Waals surface area contributed by atoms with Crippen molar-refractivity contribution in [2.75, 3.05) is 6.26 Å². The number of rotatable bonds is 4. The third kappa shape index (κ3) is 3.00. The Balaban J connectivity index is 2.40. The number of nitrogens with two attached hydrogens (primary N) is 1. The lowest BCUT2D eigenvalue weighted by Crippen LogP contribution is -2.29. The fourth-order valence-electron chi connectivity index (χ4n) is 2.25. The van der Waals surface area contributed by atoms with Gasteiger partial charge in [-0.3, -0.25) is 5.84 Å². The van der Waals surface area contributed by atoms with Crippen LogP contribution in [-0.4, -0.2) is 6.26 Å². The second kappa shape index (κ2) is 6.24. The van der Waals surface area contributed by atoms with Crippen molar-refractivity contribution < 1.29 is 0 Å².